The lowest BCUT2D eigenvalue weighted by atomic mass is 10.2. The Kier molecular flexibility index (Phi) is 4.94. The minimum Gasteiger partial charge on any atom is -0.337 e. The second-order valence-corrected chi connectivity index (χ2v) is 7.25. The van der Waals surface area contributed by atoms with Gasteiger partial charge < -0.3 is 4.90 Å². The lowest BCUT2D eigenvalue weighted by molar-refractivity contribution is -0.133. The molecule has 8 nitrogen and oxygen atoms in total. The SMILES string of the molecule is CCCS(=O)(=O)N1CCCC1C(=O)N(C)Cc1ncn[nH]1. The Labute approximate surface area is 124 Å². The molecule has 0 aliphatic carbocycles. The summed E-state index contributed by atoms with van der Waals surface area (Å²) in [6.07, 6.45) is 3.22. The van der Waals surface area contributed by atoms with Crippen molar-refractivity contribution in [1.82, 2.24) is 24.4 Å². The number of nitrogens with one attached hydrogen (secondary N) is 1. The third-order valence-electron chi connectivity index (χ3n) is 3.54. The van der Waals surface area contributed by atoms with Crippen LogP contribution in [-0.2, 0) is 21.4 Å². The number of amides is 1. The zero-order valence-electron chi connectivity index (χ0n) is 12.3. The van der Waals surface area contributed by atoms with Gasteiger partial charge in [0.1, 0.15) is 18.2 Å². The first-order chi connectivity index (χ1) is 9.95. The zero-order valence-corrected chi connectivity index (χ0v) is 13.1. The molecule has 0 spiro atoms. The molecule has 1 aromatic heterocycles. The maximum Gasteiger partial charge on any atom is 0.241 e. The van der Waals surface area contributed by atoms with Crippen molar-refractivity contribution in [2.75, 3.05) is 19.3 Å². The standard InChI is InChI=1S/C12H21N5O3S/c1-3-7-21(19,20)17-6-4-5-10(17)12(18)16(2)8-11-13-9-14-15-11/h9-10H,3-8H2,1-2H3,(H,13,14,15). The number of likely N-dealkylation sites (N-methyl/N-ethyl adjacent to an activating group) is 1. The van der Waals surface area contributed by atoms with Gasteiger partial charge in [0.25, 0.3) is 0 Å². The van der Waals surface area contributed by atoms with Crippen LogP contribution in [0.3, 0.4) is 0 Å². The van der Waals surface area contributed by atoms with Crippen LogP contribution in [0.4, 0.5) is 0 Å². The number of H-pyrrole nitrogens is 1. The van der Waals surface area contributed by atoms with E-state index >= 15 is 0 Å². The summed E-state index contributed by atoms with van der Waals surface area (Å²) < 4.78 is 25.8. The molecule has 1 atom stereocenters. The Hall–Kier alpha value is -1.48. The lowest BCUT2D eigenvalue weighted by Crippen LogP contribution is -2.47. The summed E-state index contributed by atoms with van der Waals surface area (Å²) in [6.45, 7) is 2.53. The van der Waals surface area contributed by atoms with Crippen molar-refractivity contribution in [3.05, 3.63) is 12.2 Å². The van der Waals surface area contributed by atoms with Crippen molar-refractivity contribution in [2.45, 2.75) is 38.8 Å². The second-order valence-electron chi connectivity index (χ2n) is 5.21. The first-order valence-corrected chi connectivity index (χ1v) is 8.65. The second kappa shape index (κ2) is 6.52. The lowest BCUT2D eigenvalue weighted by Gasteiger charge is -2.26. The van der Waals surface area contributed by atoms with E-state index in [-0.39, 0.29) is 18.2 Å². The average molecular weight is 315 g/mol. The molecule has 1 fully saturated rings. The number of rotatable bonds is 6. The highest BCUT2D eigenvalue weighted by molar-refractivity contribution is 7.89. The minimum atomic E-state index is -3.35. The maximum atomic E-state index is 12.5. The van der Waals surface area contributed by atoms with E-state index in [1.165, 1.54) is 15.5 Å². The molecule has 1 amide bonds. The Morgan fingerprint density at radius 3 is 2.95 bits per heavy atom. The van der Waals surface area contributed by atoms with E-state index in [0.717, 1.165) is 6.42 Å². The number of carbonyl (C=O) groups excluding carboxylic acids is 1. The highest BCUT2D eigenvalue weighted by Crippen LogP contribution is 2.23. The summed E-state index contributed by atoms with van der Waals surface area (Å²) >= 11 is 0. The third kappa shape index (κ3) is 3.59. The Morgan fingerprint density at radius 2 is 2.33 bits per heavy atom. The van der Waals surface area contributed by atoms with Gasteiger partial charge in [-0.25, -0.2) is 13.4 Å². The molecule has 0 saturated carbocycles. The first-order valence-electron chi connectivity index (χ1n) is 7.04. The summed E-state index contributed by atoms with van der Waals surface area (Å²) in [5.41, 5.74) is 0. The maximum absolute atomic E-state index is 12.5. The van der Waals surface area contributed by atoms with Gasteiger partial charge in [0.15, 0.2) is 0 Å². The summed E-state index contributed by atoms with van der Waals surface area (Å²) in [5, 5.41) is 6.42. The van der Waals surface area contributed by atoms with Crippen LogP contribution in [0.1, 0.15) is 32.0 Å². The molecule has 1 N–H and O–H groups in total. The molecule has 1 unspecified atom stereocenters. The van der Waals surface area contributed by atoms with E-state index in [2.05, 4.69) is 15.2 Å². The molecule has 2 rings (SSSR count). The molecule has 1 aliphatic heterocycles. The van der Waals surface area contributed by atoms with Gasteiger partial charge in [0.05, 0.1) is 12.3 Å². The largest absolute Gasteiger partial charge is 0.337 e. The van der Waals surface area contributed by atoms with Crippen molar-refractivity contribution < 1.29 is 13.2 Å². The van der Waals surface area contributed by atoms with Crippen LogP contribution in [0, 0.1) is 0 Å². The average Bonchev–Trinajstić information content (AvgIpc) is 3.08. The number of hydrogen-bond donors (Lipinski definition) is 1. The van der Waals surface area contributed by atoms with Crippen LogP contribution in [0.25, 0.3) is 0 Å². The number of aromatic amines is 1. The van der Waals surface area contributed by atoms with E-state index in [1.807, 2.05) is 6.92 Å². The monoisotopic (exact) mass is 315 g/mol. The van der Waals surface area contributed by atoms with Crippen LogP contribution >= 0.6 is 0 Å². The van der Waals surface area contributed by atoms with Crippen molar-refractivity contribution >= 4 is 15.9 Å². The van der Waals surface area contributed by atoms with Gasteiger partial charge in [-0.1, -0.05) is 6.92 Å². The molecule has 0 bridgehead atoms. The van der Waals surface area contributed by atoms with Gasteiger partial charge >= 0.3 is 0 Å². The van der Waals surface area contributed by atoms with E-state index in [0.29, 0.717) is 25.2 Å². The molecule has 1 aromatic rings. The molecule has 21 heavy (non-hydrogen) atoms. The van der Waals surface area contributed by atoms with E-state index < -0.39 is 16.1 Å². The van der Waals surface area contributed by atoms with Crippen LogP contribution in [0.15, 0.2) is 6.33 Å². The van der Waals surface area contributed by atoms with Crippen molar-refractivity contribution in [1.29, 1.82) is 0 Å². The number of nitrogens with zero attached hydrogens (tertiary/aromatic N) is 4. The van der Waals surface area contributed by atoms with Gasteiger partial charge in [-0.05, 0) is 19.3 Å². The first kappa shape index (κ1) is 15.9. The number of sulfonamides is 1. The fourth-order valence-electron chi connectivity index (χ4n) is 2.56. The van der Waals surface area contributed by atoms with Gasteiger partial charge in [-0.15, -0.1) is 0 Å². The van der Waals surface area contributed by atoms with E-state index in [1.54, 1.807) is 7.05 Å². The highest BCUT2D eigenvalue weighted by Gasteiger charge is 2.39. The number of hydrogen-bond acceptors (Lipinski definition) is 5. The quantitative estimate of drug-likeness (QED) is 0.794. The normalized spacial score (nSPS) is 19.8. The molecule has 0 radical (unpaired) electrons. The molecular weight excluding hydrogens is 294 g/mol. The van der Waals surface area contributed by atoms with Crippen LogP contribution < -0.4 is 0 Å². The Balaban J connectivity index is 2.07. The van der Waals surface area contributed by atoms with Gasteiger partial charge in [-0.2, -0.15) is 9.40 Å². The molecule has 0 aromatic carbocycles. The summed E-state index contributed by atoms with van der Waals surface area (Å²) in [7, 11) is -1.70. The molecule has 1 saturated heterocycles. The molecule has 1 aliphatic rings. The minimum absolute atomic E-state index is 0.0859. The number of aromatic nitrogens is 3. The number of carbonyl (C=O) groups is 1. The fraction of sp³-hybridized carbons (Fsp3) is 0.750. The summed E-state index contributed by atoms with van der Waals surface area (Å²) in [4.78, 5) is 18.0. The van der Waals surface area contributed by atoms with Gasteiger partial charge in [0.2, 0.25) is 15.9 Å². The van der Waals surface area contributed by atoms with Crippen LogP contribution in [0.2, 0.25) is 0 Å². The predicted octanol–water partition coefficient (Wildman–Crippen LogP) is -0.0327. The Bertz CT molecular complexity index is 572. The van der Waals surface area contributed by atoms with Crippen LogP contribution in [-0.4, -0.2) is 64.1 Å². The summed E-state index contributed by atoms with van der Waals surface area (Å²) in [6, 6.07) is -0.588. The van der Waals surface area contributed by atoms with Crippen molar-refractivity contribution in [3.63, 3.8) is 0 Å². The highest BCUT2D eigenvalue weighted by atomic mass is 32.2. The van der Waals surface area contributed by atoms with E-state index in [9.17, 15) is 13.2 Å². The topological polar surface area (TPSA) is 99.3 Å². The third-order valence-corrected chi connectivity index (χ3v) is 5.61. The van der Waals surface area contributed by atoms with Crippen molar-refractivity contribution in [2.24, 2.45) is 0 Å². The van der Waals surface area contributed by atoms with Gasteiger partial charge in [-0.3, -0.25) is 9.89 Å². The fourth-order valence-corrected chi connectivity index (χ4v) is 4.30. The van der Waals surface area contributed by atoms with Crippen LogP contribution in [0.5, 0.6) is 0 Å². The molecule has 2 heterocycles. The Morgan fingerprint density at radius 1 is 1.57 bits per heavy atom. The zero-order chi connectivity index (χ0) is 15.5. The predicted molar refractivity (Wildman–Crippen MR) is 76.7 cm³/mol. The van der Waals surface area contributed by atoms with Gasteiger partial charge in [0, 0.05) is 13.6 Å². The van der Waals surface area contributed by atoms with Crippen molar-refractivity contribution in [3.8, 4) is 0 Å². The summed E-state index contributed by atoms with van der Waals surface area (Å²) in [5.74, 6) is 0.471. The smallest absolute Gasteiger partial charge is 0.241 e. The van der Waals surface area contributed by atoms with E-state index in [4.69, 9.17) is 0 Å². The molecular formula is C12H21N5O3S. The molecule has 9 heteroatoms. The molecule has 118 valence electrons.